The van der Waals surface area contributed by atoms with Crippen LogP contribution in [0.3, 0.4) is 0 Å². The number of amides is 1. The van der Waals surface area contributed by atoms with Gasteiger partial charge >= 0.3 is 0 Å². The number of hydrogen-bond donors (Lipinski definition) is 2. The highest BCUT2D eigenvalue weighted by Gasteiger charge is 2.44. The van der Waals surface area contributed by atoms with Crippen LogP contribution in [0.2, 0.25) is 0 Å². The van der Waals surface area contributed by atoms with Crippen LogP contribution in [-0.4, -0.2) is 28.5 Å². The summed E-state index contributed by atoms with van der Waals surface area (Å²) in [5.41, 5.74) is 0.847. The molecule has 0 aromatic heterocycles. The smallest absolute Gasteiger partial charge is 0.244 e. The summed E-state index contributed by atoms with van der Waals surface area (Å²) in [5.74, 6) is -4.76. The Bertz CT molecular complexity index is 2070. The number of hydrogen-bond acceptors (Lipinski definition) is 7. The molecule has 1 atom stereocenters. The molecule has 1 amide bonds. The molecule has 6 rings (SSSR count). The largest absolute Gasteiger partial charge is 0.356 e. The predicted octanol–water partition coefficient (Wildman–Crippen LogP) is 4.99. The van der Waals surface area contributed by atoms with Crippen molar-refractivity contribution < 1.29 is 35.2 Å². The molecular weight excluding hydrogens is 612 g/mol. The lowest BCUT2D eigenvalue weighted by Gasteiger charge is -2.35. The van der Waals surface area contributed by atoms with E-state index in [1.807, 2.05) is 0 Å². The SMILES string of the molecule is O=C1c2cc(F)ccc2N(Cc2ccc(F)cc2)C(=O)C1C1=CS(=O)(=O)c2cc(NS(=O)(=O)Cc3ccccc3)ccc2N1. The van der Waals surface area contributed by atoms with Crippen molar-refractivity contribution in [1.29, 1.82) is 0 Å². The van der Waals surface area contributed by atoms with Crippen molar-refractivity contribution in [3.8, 4) is 0 Å². The van der Waals surface area contributed by atoms with E-state index in [9.17, 15) is 35.2 Å². The summed E-state index contributed by atoms with van der Waals surface area (Å²) in [6, 6.07) is 21.0. The second kappa shape index (κ2) is 11.0. The number of nitrogens with one attached hydrogen (secondary N) is 2. The highest BCUT2D eigenvalue weighted by Crippen LogP contribution is 2.40. The molecule has 9 nitrogen and oxygen atoms in total. The van der Waals surface area contributed by atoms with Crippen molar-refractivity contribution >= 4 is 48.6 Å². The van der Waals surface area contributed by atoms with E-state index in [0.717, 1.165) is 23.6 Å². The highest BCUT2D eigenvalue weighted by molar-refractivity contribution is 7.94. The molecule has 0 spiro atoms. The van der Waals surface area contributed by atoms with Crippen molar-refractivity contribution in [1.82, 2.24) is 0 Å². The van der Waals surface area contributed by atoms with Crippen LogP contribution in [0, 0.1) is 17.6 Å². The number of Topliss-reactive ketones (excluding diaryl/α,β-unsaturated/α-hetero) is 1. The van der Waals surface area contributed by atoms with E-state index in [2.05, 4.69) is 10.0 Å². The van der Waals surface area contributed by atoms with E-state index in [1.165, 1.54) is 47.4 Å². The van der Waals surface area contributed by atoms with Crippen molar-refractivity contribution in [2.24, 2.45) is 5.92 Å². The Morgan fingerprint density at radius 2 is 1.55 bits per heavy atom. The number of sulfone groups is 1. The summed E-state index contributed by atoms with van der Waals surface area (Å²) in [6.07, 6.45) is 0. The molecule has 0 aliphatic carbocycles. The van der Waals surface area contributed by atoms with Crippen molar-refractivity contribution in [2.45, 2.75) is 17.2 Å². The molecule has 2 aliphatic heterocycles. The first-order valence-corrected chi connectivity index (χ1v) is 16.4. The molecule has 0 radical (unpaired) electrons. The monoisotopic (exact) mass is 635 g/mol. The van der Waals surface area contributed by atoms with Gasteiger partial charge in [-0.05, 0) is 59.7 Å². The zero-order chi connectivity index (χ0) is 31.2. The van der Waals surface area contributed by atoms with Crippen molar-refractivity contribution in [3.05, 3.63) is 130 Å². The standard InChI is InChI=1S/C31H23F2N3O6S2/c32-21-8-6-19(7-9-21)16-36-27-13-10-22(33)14-24(27)30(37)29(31(36)38)26-18-43(39,40)28-15-23(11-12-25(28)34-26)35-44(41,42)17-20-4-2-1-3-5-20/h1-15,18,29,34-35H,16-17H2. The number of anilines is 3. The fraction of sp³-hybridized carbons (Fsp3) is 0.0968. The summed E-state index contributed by atoms with van der Waals surface area (Å²) in [6.45, 7) is -0.0926. The van der Waals surface area contributed by atoms with Gasteiger partial charge in [0.15, 0.2) is 5.78 Å². The Morgan fingerprint density at radius 1 is 0.841 bits per heavy atom. The molecule has 224 valence electrons. The second-order valence-electron chi connectivity index (χ2n) is 10.3. The molecule has 0 saturated heterocycles. The van der Waals surface area contributed by atoms with Crippen LogP contribution in [-0.2, 0) is 37.0 Å². The zero-order valence-electron chi connectivity index (χ0n) is 22.7. The van der Waals surface area contributed by atoms with Gasteiger partial charge in [-0.1, -0.05) is 42.5 Å². The molecule has 0 bridgehead atoms. The lowest BCUT2D eigenvalue weighted by molar-refractivity contribution is -0.120. The Hall–Kier alpha value is -4.88. The van der Waals surface area contributed by atoms with Gasteiger partial charge in [-0.3, -0.25) is 14.3 Å². The third kappa shape index (κ3) is 5.71. The van der Waals surface area contributed by atoms with E-state index in [-0.39, 0.29) is 45.5 Å². The van der Waals surface area contributed by atoms with E-state index in [1.54, 1.807) is 30.3 Å². The number of halogens is 2. The lowest BCUT2D eigenvalue weighted by atomic mass is 9.87. The number of benzene rings is 4. The van der Waals surface area contributed by atoms with E-state index >= 15 is 0 Å². The van der Waals surface area contributed by atoms with Crippen molar-refractivity contribution in [2.75, 3.05) is 14.9 Å². The third-order valence-corrected chi connectivity index (χ3v) is 9.95. The van der Waals surface area contributed by atoms with Gasteiger partial charge < -0.3 is 10.2 Å². The number of carbonyl (C=O) groups excluding carboxylic acids is 2. The van der Waals surface area contributed by atoms with Gasteiger partial charge in [-0.15, -0.1) is 0 Å². The minimum Gasteiger partial charge on any atom is -0.356 e. The summed E-state index contributed by atoms with van der Waals surface area (Å²) >= 11 is 0. The maximum atomic E-state index is 14.3. The number of sulfonamides is 1. The zero-order valence-corrected chi connectivity index (χ0v) is 24.3. The molecule has 0 saturated carbocycles. The minimum atomic E-state index is -4.29. The van der Waals surface area contributed by atoms with Gasteiger partial charge in [0.25, 0.3) is 0 Å². The number of ketones is 1. The topological polar surface area (TPSA) is 130 Å². The highest BCUT2D eigenvalue weighted by atomic mass is 32.2. The van der Waals surface area contributed by atoms with Crippen LogP contribution in [0.15, 0.2) is 107 Å². The molecule has 4 aromatic rings. The maximum absolute atomic E-state index is 14.3. The van der Waals surface area contributed by atoms with Crippen LogP contribution >= 0.6 is 0 Å². The average Bonchev–Trinajstić information content (AvgIpc) is 2.96. The number of fused-ring (bicyclic) bond motifs is 2. The quantitative estimate of drug-likeness (QED) is 0.274. The van der Waals surface area contributed by atoms with E-state index in [0.29, 0.717) is 11.1 Å². The first-order chi connectivity index (χ1) is 20.9. The van der Waals surface area contributed by atoms with Crippen LogP contribution in [0.1, 0.15) is 21.5 Å². The molecule has 2 aliphatic rings. The third-order valence-electron chi connectivity index (χ3n) is 7.18. The van der Waals surface area contributed by atoms with Crippen LogP contribution < -0.4 is 14.9 Å². The molecule has 2 heterocycles. The van der Waals surface area contributed by atoms with Gasteiger partial charge in [0.05, 0.1) is 34.0 Å². The van der Waals surface area contributed by atoms with Crippen molar-refractivity contribution in [3.63, 3.8) is 0 Å². The molecule has 1 unspecified atom stereocenters. The first kappa shape index (κ1) is 29.2. The normalized spacial score (nSPS) is 17.3. The summed E-state index contributed by atoms with van der Waals surface area (Å²) in [5, 5.41) is 3.59. The lowest BCUT2D eigenvalue weighted by Crippen LogP contribution is -2.46. The summed E-state index contributed by atoms with van der Waals surface area (Å²) in [4.78, 5) is 28.4. The summed E-state index contributed by atoms with van der Waals surface area (Å²) in [7, 11) is -8.18. The Kier molecular flexibility index (Phi) is 7.30. The van der Waals surface area contributed by atoms with Gasteiger partial charge in [0.2, 0.25) is 25.8 Å². The average molecular weight is 636 g/mol. The fourth-order valence-electron chi connectivity index (χ4n) is 5.18. The van der Waals surface area contributed by atoms with Gasteiger partial charge in [-0.25, -0.2) is 25.6 Å². The van der Waals surface area contributed by atoms with Crippen LogP contribution in [0.4, 0.5) is 25.8 Å². The predicted molar refractivity (Wildman–Crippen MR) is 160 cm³/mol. The Balaban J connectivity index is 1.32. The van der Waals surface area contributed by atoms with Gasteiger partial charge in [-0.2, -0.15) is 0 Å². The molecule has 0 fully saturated rings. The number of rotatable bonds is 7. The first-order valence-electron chi connectivity index (χ1n) is 13.2. The Morgan fingerprint density at radius 3 is 2.27 bits per heavy atom. The van der Waals surface area contributed by atoms with E-state index in [4.69, 9.17) is 0 Å². The maximum Gasteiger partial charge on any atom is 0.244 e. The molecular formula is C31H23F2N3O6S2. The number of carbonyl (C=O) groups is 2. The number of nitrogens with zero attached hydrogens (tertiary/aromatic N) is 1. The van der Waals surface area contributed by atoms with Crippen LogP contribution in [0.5, 0.6) is 0 Å². The second-order valence-corrected chi connectivity index (χ2v) is 13.8. The molecule has 4 aromatic carbocycles. The minimum absolute atomic E-state index is 0.00148. The van der Waals surface area contributed by atoms with Crippen LogP contribution in [0.25, 0.3) is 0 Å². The molecule has 44 heavy (non-hydrogen) atoms. The fourth-order valence-corrected chi connectivity index (χ4v) is 7.75. The molecule has 13 heteroatoms. The van der Waals surface area contributed by atoms with E-state index < -0.39 is 49.1 Å². The molecule has 2 N–H and O–H groups in total. The van der Waals surface area contributed by atoms with Gasteiger partial charge in [0, 0.05) is 16.9 Å². The summed E-state index contributed by atoms with van der Waals surface area (Å²) < 4.78 is 82.4. The van der Waals surface area contributed by atoms with Gasteiger partial charge in [0.1, 0.15) is 17.6 Å². The Labute approximate surface area is 251 Å².